The summed E-state index contributed by atoms with van der Waals surface area (Å²) in [5.41, 5.74) is 25.4. The van der Waals surface area contributed by atoms with E-state index in [1.807, 2.05) is 48.5 Å². The van der Waals surface area contributed by atoms with Gasteiger partial charge < -0.3 is 0 Å². The number of thiophene rings is 2. The molecule has 23 rings (SSSR count). The maximum absolute atomic E-state index is 8.58. The van der Waals surface area contributed by atoms with Crippen molar-refractivity contribution < 1.29 is 2.74 Å². The zero-order valence-electron chi connectivity index (χ0n) is 65.8. The van der Waals surface area contributed by atoms with Crippen molar-refractivity contribution in [1.29, 1.82) is 0 Å². The third-order valence-corrected chi connectivity index (χ3v) is 25.9. The van der Waals surface area contributed by atoms with E-state index in [4.69, 9.17) is 32.6 Å². The van der Waals surface area contributed by atoms with Crippen LogP contribution in [-0.4, -0.2) is 29.9 Å². The van der Waals surface area contributed by atoms with E-state index in [0.717, 1.165) is 98.1 Å². The number of hydrogen-bond donors (Lipinski definition) is 0. The Morgan fingerprint density at radius 3 is 0.966 bits per heavy atom. The molecule has 0 fully saturated rings. The lowest BCUT2D eigenvalue weighted by atomic mass is 9.67. The predicted molar refractivity (Wildman–Crippen MR) is 489 cm³/mol. The second-order valence-electron chi connectivity index (χ2n) is 30.0. The highest BCUT2D eigenvalue weighted by molar-refractivity contribution is 7.26. The van der Waals surface area contributed by atoms with E-state index >= 15 is 0 Å². The molecule has 0 saturated carbocycles. The molecule has 8 heteroatoms. The predicted octanol–water partition coefficient (Wildman–Crippen LogP) is 28.2. The second-order valence-corrected chi connectivity index (χ2v) is 32.0. The first kappa shape index (κ1) is 67.7. The van der Waals surface area contributed by atoms with Gasteiger partial charge in [-0.25, -0.2) is 29.9 Å². The number of aromatic nitrogens is 6. The van der Waals surface area contributed by atoms with Crippen LogP contribution in [0.5, 0.6) is 0 Å². The highest BCUT2D eigenvalue weighted by Crippen LogP contribution is 2.60. The van der Waals surface area contributed by atoms with Gasteiger partial charge in [-0.2, -0.15) is 0 Å². The van der Waals surface area contributed by atoms with Gasteiger partial charge in [0.05, 0.1) is 13.6 Å². The minimum Gasteiger partial charge on any atom is -0.208 e. The molecule has 0 saturated heterocycles. The van der Waals surface area contributed by atoms with Gasteiger partial charge in [-0.05, 0) is 118 Å². The van der Waals surface area contributed by atoms with Crippen LogP contribution >= 0.6 is 22.7 Å². The van der Waals surface area contributed by atoms with E-state index in [9.17, 15) is 0 Å². The number of rotatable bonds is 13. The zero-order valence-corrected chi connectivity index (χ0v) is 65.4. The summed E-state index contributed by atoms with van der Waals surface area (Å²) in [5, 5.41) is 4.59. The van der Waals surface area contributed by atoms with Crippen LogP contribution in [-0.2, 0) is 10.8 Å². The van der Waals surface area contributed by atoms with Gasteiger partial charge in [0.15, 0.2) is 34.9 Å². The molecule has 2 aliphatic rings. The normalized spacial score (nSPS) is 12.9. The summed E-state index contributed by atoms with van der Waals surface area (Å²) in [4.78, 5) is 31.9. The highest BCUT2D eigenvalue weighted by Gasteiger charge is 2.49. The van der Waals surface area contributed by atoms with Gasteiger partial charge in [-0.1, -0.05) is 406 Å². The van der Waals surface area contributed by atoms with Crippen LogP contribution in [0.1, 0.15) is 47.2 Å². The standard InChI is InChI=1S/C58H37N3S.C52H33N3S/c1-4-18-38(19-5-1)43-24-10-11-26-47(43)56-59-55(40-36-34-39(35-37-40)44-28-16-29-46-45-25-13-15-33-52(45)62-54(44)46)60-57(61-56)49-30-17-32-51-53(49)48-27-12-14-31-50(48)58(51,41-20-6-2-7-21-41)42-22-8-3-9-23-42;1-4-17-34(18-5-1)49-53-50(36-20-14-19-35(33-36)39-27-15-28-41-40-25-11-13-32-46(40)56-48(39)41)55-51(54-49)43-29-16-31-45-47(43)42-26-10-12-30-44(42)52(45,37-21-6-2-7-22-37)38-23-8-3-9-24-38/h1-37H;1-33H/i33D;32D. The Kier molecular flexibility index (Phi) is 16.8. The molecule has 4 aromatic heterocycles. The largest absolute Gasteiger partial charge is 0.208 e. The summed E-state index contributed by atoms with van der Waals surface area (Å²) in [7, 11) is 0. The zero-order chi connectivity index (χ0) is 79.8. The van der Waals surface area contributed by atoms with Gasteiger partial charge >= 0.3 is 0 Å². The second kappa shape index (κ2) is 29.2. The van der Waals surface area contributed by atoms with Crippen molar-refractivity contribution in [1.82, 2.24) is 29.9 Å². The Labute approximate surface area is 694 Å². The SMILES string of the molecule is [2H]c1cccc2c1sc1c(-c3ccc(-c4nc(-c5ccccc5-c5ccccc5)nc(-c5cccc6c5-c5ccccc5C6(c5ccccc5)c5ccccc5)n4)cc3)cccc12.[2H]c1cccc2c1sc1c(-c3cccc(-c4nc(-c5ccccc5)nc(-c5cccc6c5-c5ccccc5C6(c5ccccc5)c5ccccc5)n4)c3)cccc12. The smallest absolute Gasteiger partial charge is 0.164 e. The van der Waals surface area contributed by atoms with Crippen LogP contribution in [0, 0.1) is 0 Å². The van der Waals surface area contributed by atoms with Crippen LogP contribution < -0.4 is 0 Å². The minimum absolute atomic E-state index is 0.536. The summed E-state index contributed by atoms with van der Waals surface area (Å²) in [6, 6.07) is 146. The molecule has 21 aromatic rings. The lowest BCUT2D eigenvalue weighted by Gasteiger charge is -2.33. The maximum atomic E-state index is 8.58. The van der Waals surface area contributed by atoms with Gasteiger partial charge in [-0.3, -0.25) is 0 Å². The Morgan fingerprint density at radius 1 is 0.195 bits per heavy atom. The van der Waals surface area contributed by atoms with Crippen molar-refractivity contribution >= 4 is 63.0 Å². The average molecular weight is 1540 g/mol. The van der Waals surface area contributed by atoms with Crippen LogP contribution in [0.2, 0.25) is 0 Å². The van der Waals surface area contributed by atoms with Crippen molar-refractivity contribution in [2.45, 2.75) is 10.8 Å². The fourth-order valence-corrected chi connectivity index (χ4v) is 20.8. The molecular weight excluding hydrogens is 1470 g/mol. The molecule has 17 aromatic carbocycles. The summed E-state index contributed by atoms with van der Waals surface area (Å²) in [6.45, 7) is 0. The van der Waals surface area contributed by atoms with Gasteiger partial charge in [0.2, 0.25) is 0 Å². The van der Waals surface area contributed by atoms with E-state index in [1.54, 1.807) is 22.7 Å². The Morgan fingerprint density at radius 2 is 0.483 bits per heavy atom. The third-order valence-electron chi connectivity index (χ3n) is 23.5. The number of nitrogens with zero attached hydrogens (tertiary/aromatic N) is 6. The van der Waals surface area contributed by atoms with Crippen molar-refractivity contribution in [2.75, 3.05) is 0 Å². The molecule has 4 heterocycles. The Hall–Kier alpha value is -14.8. The van der Waals surface area contributed by atoms with E-state index < -0.39 is 10.8 Å². The molecule has 118 heavy (non-hydrogen) atoms. The molecule has 6 nitrogen and oxygen atoms in total. The molecule has 0 spiro atoms. The highest BCUT2D eigenvalue weighted by atomic mass is 32.1. The minimum atomic E-state index is -0.557. The quantitative estimate of drug-likeness (QED) is 0.114. The summed E-state index contributed by atoms with van der Waals surface area (Å²) < 4.78 is 21.5. The first-order valence-corrected chi connectivity index (χ1v) is 41.4. The van der Waals surface area contributed by atoms with E-state index in [-0.39, 0.29) is 0 Å². The van der Waals surface area contributed by atoms with Crippen LogP contribution in [0.4, 0.5) is 0 Å². The van der Waals surface area contributed by atoms with Crippen LogP contribution in [0.3, 0.4) is 0 Å². The summed E-state index contributed by atoms with van der Waals surface area (Å²) in [6.07, 6.45) is 0. The van der Waals surface area contributed by atoms with Crippen LogP contribution in [0.25, 0.3) is 164 Å². The van der Waals surface area contributed by atoms with Gasteiger partial charge in [0.1, 0.15) is 0 Å². The average Bonchev–Trinajstić information content (AvgIpc) is 1.53. The fraction of sp³-hybridized carbons (Fsp3) is 0.0182. The monoisotopic (exact) mass is 1540 g/mol. The fourth-order valence-electron chi connectivity index (χ4n) is 18.4. The molecule has 0 bridgehead atoms. The molecule has 0 amide bonds. The molecule has 552 valence electrons. The van der Waals surface area contributed by atoms with Crippen molar-refractivity contribution in [3.8, 4) is 124 Å². The Bertz CT molecular complexity index is 7470. The van der Waals surface area contributed by atoms with E-state index in [2.05, 4.69) is 364 Å². The maximum Gasteiger partial charge on any atom is 0.164 e. The number of benzene rings is 17. The molecule has 0 atom stereocenters. The molecule has 0 unspecified atom stereocenters. The molecule has 2 aliphatic carbocycles. The third kappa shape index (κ3) is 11.6. The van der Waals surface area contributed by atoms with E-state index in [0.29, 0.717) is 47.0 Å². The van der Waals surface area contributed by atoms with Gasteiger partial charge in [-0.15, -0.1) is 22.7 Å². The first-order chi connectivity index (χ1) is 59.3. The van der Waals surface area contributed by atoms with Crippen molar-refractivity contribution in [3.05, 3.63) is 469 Å². The molecule has 0 N–H and O–H groups in total. The van der Waals surface area contributed by atoms with Crippen molar-refractivity contribution in [3.63, 3.8) is 0 Å². The van der Waals surface area contributed by atoms with Gasteiger partial charge in [0, 0.05) is 73.7 Å². The first-order valence-electron chi connectivity index (χ1n) is 40.8. The van der Waals surface area contributed by atoms with Crippen LogP contribution in [0.15, 0.2) is 425 Å². The summed E-state index contributed by atoms with van der Waals surface area (Å²) >= 11 is 3.37. The lowest BCUT2D eigenvalue weighted by molar-refractivity contribution is 0.768. The number of fused-ring (bicyclic) bond motifs is 12. The lowest BCUT2D eigenvalue weighted by Crippen LogP contribution is -2.28. The van der Waals surface area contributed by atoms with E-state index in [1.165, 1.54) is 75.8 Å². The molecular formula is C110H70N6S2. The molecule has 0 aliphatic heterocycles. The Balaban J connectivity index is 0.000000145. The topological polar surface area (TPSA) is 77.3 Å². The van der Waals surface area contributed by atoms with Crippen molar-refractivity contribution in [2.24, 2.45) is 0 Å². The van der Waals surface area contributed by atoms with Gasteiger partial charge in [0.25, 0.3) is 0 Å². The molecule has 0 radical (unpaired) electrons. The number of hydrogen-bond acceptors (Lipinski definition) is 8. The summed E-state index contributed by atoms with van der Waals surface area (Å²) in [5.74, 6) is 3.69.